The quantitative estimate of drug-likeness (QED) is 0.0187. The largest absolute Gasteiger partial charge is 0.497 e. The number of halogens is 1. The number of hydrogen-bond donors (Lipinski definition) is 11. The molecule has 14 N–H and O–H groups in total. The fourth-order valence-electron chi connectivity index (χ4n) is 16.7. The summed E-state index contributed by atoms with van der Waals surface area (Å²) in [4.78, 5) is 173. The number of nitrogens with two attached hydrogens (primary N) is 3. The number of imidazole rings is 1. The summed E-state index contributed by atoms with van der Waals surface area (Å²) in [7, 11) is 3.18. The van der Waals surface area contributed by atoms with E-state index in [9.17, 15) is 63.0 Å². The van der Waals surface area contributed by atoms with Crippen LogP contribution in [0.3, 0.4) is 0 Å². The van der Waals surface area contributed by atoms with Crippen molar-refractivity contribution in [2.24, 2.45) is 44.6 Å². The molecule has 0 saturated heterocycles. The monoisotopic (exact) mass is 1880 g/mol. The first kappa shape index (κ1) is 100. The number of aliphatic hydroxyl groups is 2. The molecule has 1 fully saturated rings. The zero-order chi connectivity index (χ0) is 96.8. The molecule has 6 aliphatic carbocycles. The van der Waals surface area contributed by atoms with Gasteiger partial charge in [0.05, 0.1) is 49.0 Å². The van der Waals surface area contributed by atoms with Crippen LogP contribution in [0.25, 0.3) is 11.2 Å². The van der Waals surface area contributed by atoms with Gasteiger partial charge in [-0.25, -0.2) is 34.3 Å². The van der Waals surface area contributed by atoms with Crippen LogP contribution in [-0.4, -0.2) is 138 Å². The van der Waals surface area contributed by atoms with E-state index in [0.717, 1.165) is 109 Å². The Morgan fingerprint density at radius 1 is 0.437 bits per heavy atom. The highest BCUT2D eigenvalue weighted by Gasteiger charge is 2.38. The van der Waals surface area contributed by atoms with Crippen LogP contribution in [0.2, 0.25) is 5.28 Å². The number of methoxy groups -OCH3 is 2. The summed E-state index contributed by atoms with van der Waals surface area (Å²) in [5, 5.41) is 30.9. The fourth-order valence-corrected chi connectivity index (χ4v) is 17.0. The number of aromatic amines is 4. The van der Waals surface area contributed by atoms with E-state index in [-0.39, 0.29) is 104 Å². The second kappa shape index (κ2) is 46.6. The lowest BCUT2D eigenvalue weighted by Crippen LogP contribution is -2.38. The maximum atomic E-state index is 13.1. The molecule has 135 heavy (non-hydrogen) atoms. The molecule has 718 valence electrons. The molecule has 9 aromatic rings. The molecule has 1 saturated carbocycles. The average molecular weight is 1880 g/mol. The third kappa shape index (κ3) is 24.2. The number of fused-ring (bicyclic) bond motifs is 4. The number of anilines is 4. The van der Waals surface area contributed by atoms with Crippen LogP contribution in [0.1, 0.15) is 186 Å². The number of nitrogens with zero attached hydrogens (tertiary/aromatic N) is 13. The van der Waals surface area contributed by atoms with Crippen LogP contribution < -0.4 is 91.9 Å². The molecule has 0 radical (unpaired) electrons. The first-order valence-electron chi connectivity index (χ1n) is 45.8. The fraction of sp³-hybridized carbons (Fsp3) is 0.453. The second-order valence-electron chi connectivity index (χ2n) is 33.8. The van der Waals surface area contributed by atoms with Crippen molar-refractivity contribution >= 4 is 92.2 Å². The number of aliphatic imine (C=N–C) groups is 3. The second-order valence-corrected chi connectivity index (χ2v) is 34.1. The van der Waals surface area contributed by atoms with Crippen molar-refractivity contribution in [3.05, 3.63) is 231 Å². The van der Waals surface area contributed by atoms with Gasteiger partial charge >= 0.3 is 35.1 Å². The van der Waals surface area contributed by atoms with Crippen molar-refractivity contribution in [3.8, 4) is 35.0 Å². The molecule has 18 rings (SSSR count). The lowest BCUT2D eigenvalue weighted by molar-refractivity contribution is -0.141. The highest BCUT2D eigenvalue weighted by molar-refractivity contribution is 6.28. The first-order chi connectivity index (χ1) is 65.0. The van der Waals surface area contributed by atoms with Gasteiger partial charge in [-0.1, -0.05) is 114 Å². The van der Waals surface area contributed by atoms with E-state index in [1.54, 1.807) is 47.6 Å². The van der Waals surface area contributed by atoms with Crippen molar-refractivity contribution in [1.29, 1.82) is 0 Å². The number of aromatic nitrogens is 14. The van der Waals surface area contributed by atoms with E-state index in [1.807, 2.05) is 90.1 Å². The summed E-state index contributed by atoms with van der Waals surface area (Å²) in [5.74, 6) is 4.27. The summed E-state index contributed by atoms with van der Waals surface area (Å²) in [5.41, 5.74) is 18.7. The van der Waals surface area contributed by atoms with Gasteiger partial charge in [0.2, 0.25) is 11.2 Å². The van der Waals surface area contributed by atoms with Crippen molar-refractivity contribution in [3.63, 3.8) is 0 Å². The number of benzene rings is 2. The predicted octanol–water partition coefficient (Wildman–Crippen LogP) is 11.0. The van der Waals surface area contributed by atoms with Crippen LogP contribution >= 0.6 is 11.6 Å². The molecular weight excluding hydrogens is 1760 g/mol. The summed E-state index contributed by atoms with van der Waals surface area (Å²) in [6.45, 7) is 14.4. The Bertz CT molecular complexity index is 6640. The number of rotatable bonds is 25. The van der Waals surface area contributed by atoms with Crippen LogP contribution in [0.4, 0.5) is 40.5 Å². The molecule has 9 aliphatic rings. The molecule has 3 aliphatic heterocycles. The Hall–Kier alpha value is -14.0. The summed E-state index contributed by atoms with van der Waals surface area (Å²) >= 11 is 6.07. The molecule has 39 nitrogen and oxygen atoms in total. The van der Waals surface area contributed by atoms with Crippen molar-refractivity contribution < 1.29 is 43.9 Å². The topological polar surface area (TPSA) is 557 Å². The zero-order valence-electron chi connectivity index (χ0n) is 77.0. The Labute approximate surface area is 780 Å². The van der Waals surface area contributed by atoms with Gasteiger partial charge in [-0.05, 0) is 151 Å². The van der Waals surface area contributed by atoms with E-state index in [4.69, 9.17) is 52.9 Å². The standard InChI is InChI=1S/C21H25N3O5.C21H23N3O3.C14H16ClN3O.C13H18N4O3.C13H16N4O2.C7H12N4O2.C6H8O2/c1-3-7-24-20(27)15-11-16(12-8-17(25)18(26)9-12)22-19(15)23-21(24)29-14-6-4-5-13(10-14)28-2;1-3-11-24-20(25)17-13-18(14-7-4-5-8-14)22-19(17)23-21(24)27-16-10-6-9-15(12-16)26-2;1-2-7-18-13(19)10-8-11(9-5-3-4-6-9)16-12(10)17-14(18)15;1-2-7-17-12(19)9(10(14)16-13(17)20)15-11(18)8-5-3-4-6-8;1-2-7-17-12(18)9-11(16-13(17)19)15-10(14-9)8-5-3-4-6-8;1-2-3-11-6(12)4(8)5(9)10-7(11)13;7-6(8)5-3-1-2-4-5/h4-6,10,12,17-18,25-26H,3,7-9,11H2,1-2H3;4-6,9-10,12,14H,3,7-8,11,13H2,1-2H3;3-4,9H,2,5-8H2,1H3;3-4,8H,2,5-7,14H2,1H3,(H,15,18)(H,16,20);3-4,8H,2,5-7H2,1H3,(H,14,15)(H,16,19);2-3,8-9H2,1H3,(H,10,13);1-2,5H,3-4H2,(H,7,8). The number of nitrogen functional groups attached to an aromatic ring is 3. The normalized spacial score (nSPS) is 17.1. The molecule has 1 amide bonds. The number of amides is 1. The van der Waals surface area contributed by atoms with Crippen LogP contribution in [0, 0.1) is 29.6 Å². The lowest BCUT2D eigenvalue weighted by atomic mass is 9.97. The van der Waals surface area contributed by atoms with Gasteiger partial charge in [0, 0.05) is 117 Å². The van der Waals surface area contributed by atoms with Crippen molar-refractivity contribution in [2.75, 3.05) is 36.7 Å². The highest BCUT2D eigenvalue weighted by atomic mass is 35.5. The smallest absolute Gasteiger partial charge is 0.330 e. The molecular formula is C95H118ClN21O18. The van der Waals surface area contributed by atoms with E-state index < -0.39 is 40.7 Å². The maximum absolute atomic E-state index is 13.1. The predicted molar refractivity (Wildman–Crippen MR) is 517 cm³/mol. The number of carboxylic acid groups (broad SMARTS) is 1. The number of aliphatic hydroxyl groups excluding tert-OH is 2. The molecule has 0 spiro atoms. The van der Waals surface area contributed by atoms with Crippen LogP contribution in [0.5, 0.6) is 35.0 Å². The minimum atomic E-state index is -0.747. The number of aliphatic carboxylic acids is 1. The molecule has 2 atom stereocenters. The first-order valence-corrected chi connectivity index (χ1v) is 46.2. The van der Waals surface area contributed by atoms with Gasteiger partial charge in [0.15, 0.2) is 23.1 Å². The number of nitrogens with one attached hydrogen (secondary N) is 5. The molecule has 2 unspecified atom stereocenters. The van der Waals surface area contributed by atoms with Gasteiger partial charge in [-0.3, -0.25) is 80.7 Å². The van der Waals surface area contributed by atoms with Crippen molar-refractivity contribution in [2.45, 2.75) is 234 Å². The number of carbonyl (C=O) groups is 2. The Morgan fingerprint density at radius 2 is 0.807 bits per heavy atom. The maximum Gasteiger partial charge on any atom is 0.330 e. The highest BCUT2D eigenvalue weighted by Crippen LogP contribution is 2.38. The average Bonchev–Trinajstić information content (AvgIpc) is 1.63. The van der Waals surface area contributed by atoms with E-state index in [0.29, 0.717) is 171 Å². The number of hydrogen-bond acceptors (Lipinski definition) is 27. The minimum Gasteiger partial charge on any atom is -0.497 e. The number of ether oxygens (including phenoxy) is 4. The van der Waals surface area contributed by atoms with Gasteiger partial charge in [0.1, 0.15) is 57.3 Å². The van der Waals surface area contributed by atoms with E-state index >= 15 is 0 Å². The minimum absolute atomic E-state index is 0.0263. The molecule has 7 aromatic heterocycles. The number of allylic oxidation sites excluding steroid dienone is 10. The molecule has 40 heteroatoms. The Balaban J connectivity index is 0.000000145. The molecule has 10 heterocycles. The van der Waals surface area contributed by atoms with Gasteiger partial charge < -0.3 is 61.8 Å². The summed E-state index contributed by atoms with van der Waals surface area (Å²) in [6, 6.07) is 14.9. The van der Waals surface area contributed by atoms with Gasteiger partial charge in [-0.2, -0.15) is 15.0 Å². The third-order valence-corrected chi connectivity index (χ3v) is 24.3. The summed E-state index contributed by atoms with van der Waals surface area (Å²) < 4.78 is 30.3. The number of carboxylic acids is 1. The molecule has 2 aromatic carbocycles. The van der Waals surface area contributed by atoms with E-state index in [2.05, 4.69) is 96.6 Å². The SMILES string of the molecule is CCCn1c(=O)[nH]c(N)c(N)c1=O.CCCn1c(=O)[nH]c(N)c(NC(=O)C2CC=CC2)c1=O.CCCn1c(=O)[nH]c2nc(C3CC=CC3)[nH]c2c1=O.CCCn1c(Cl)nc2c(c1=O)CC(C1CC=CC1)=N2.CCCn1c(Oc2cccc(OC)c2)nc2c(c1=O)CC(C1CC(O)C(O)C1)=N2.CCCn1c(Oc2cccc(OC)c2)nc2c(c1=O)CC(C1CC=CC1)=N2.O=C(O)C1CC=CC1. The van der Waals surface area contributed by atoms with Gasteiger partial charge in [0.25, 0.3) is 33.4 Å². The third-order valence-electron chi connectivity index (χ3n) is 24.0. The van der Waals surface area contributed by atoms with Crippen LogP contribution in [-0.2, 0) is 68.1 Å². The van der Waals surface area contributed by atoms with Gasteiger partial charge in [-0.15, -0.1) is 0 Å². The Morgan fingerprint density at radius 3 is 1.24 bits per heavy atom. The van der Waals surface area contributed by atoms with E-state index in [1.165, 1.54) is 9.13 Å². The lowest BCUT2D eigenvalue weighted by Gasteiger charge is -2.13. The van der Waals surface area contributed by atoms with Crippen LogP contribution in [0.15, 0.2) is 167 Å². The zero-order valence-corrected chi connectivity index (χ0v) is 77.7. The molecule has 0 bridgehead atoms. The number of carbonyl (C=O) groups excluding carboxylic acids is 1. The Kier molecular flexibility index (Phi) is 34.5. The van der Waals surface area contributed by atoms with Crippen molar-refractivity contribution in [1.82, 2.24) is 67.3 Å². The summed E-state index contributed by atoms with van der Waals surface area (Å²) in [6.07, 6.45) is 34.7. The number of H-pyrrole nitrogens is 4.